The van der Waals surface area contributed by atoms with Crippen LogP contribution in [0.2, 0.25) is 0 Å². The predicted molar refractivity (Wildman–Crippen MR) is 111 cm³/mol. The number of methoxy groups -OCH3 is 1. The number of carboxylic acid groups (broad SMARTS) is 1. The number of amides is 2. The third-order valence-electron chi connectivity index (χ3n) is 4.33. The molecule has 6 heteroatoms. The second-order valence-electron chi connectivity index (χ2n) is 6.30. The second kappa shape index (κ2) is 10.2. The quantitative estimate of drug-likeness (QED) is 0.404. The van der Waals surface area contributed by atoms with Crippen molar-refractivity contribution < 1.29 is 19.4 Å². The average Bonchev–Trinajstić information content (AvgIpc) is 2.71. The Balaban J connectivity index is 2.34. The summed E-state index contributed by atoms with van der Waals surface area (Å²) in [7, 11) is 3.05. The molecule has 0 radical (unpaired) electrons. The van der Waals surface area contributed by atoms with E-state index in [1.165, 1.54) is 13.2 Å². The highest BCUT2D eigenvalue weighted by molar-refractivity contribution is 5.94. The third kappa shape index (κ3) is 5.36. The number of benzene rings is 2. The molecule has 0 heterocycles. The molecule has 2 rings (SSSR count). The van der Waals surface area contributed by atoms with E-state index in [0.717, 1.165) is 29.7 Å². The topological polar surface area (TPSA) is 78.9 Å². The van der Waals surface area contributed by atoms with Crippen molar-refractivity contribution in [2.45, 2.75) is 19.8 Å². The zero-order valence-corrected chi connectivity index (χ0v) is 16.4. The summed E-state index contributed by atoms with van der Waals surface area (Å²) >= 11 is 0. The van der Waals surface area contributed by atoms with Crippen LogP contribution in [0.5, 0.6) is 0 Å². The van der Waals surface area contributed by atoms with Crippen molar-refractivity contribution in [1.29, 1.82) is 0 Å². The van der Waals surface area contributed by atoms with Gasteiger partial charge in [0.1, 0.15) is 0 Å². The number of hydrogen-bond acceptors (Lipinski definition) is 3. The minimum atomic E-state index is -1.13. The Morgan fingerprint density at radius 1 is 1.18 bits per heavy atom. The van der Waals surface area contributed by atoms with Crippen molar-refractivity contribution in [3.8, 4) is 11.1 Å². The molecule has 6 nitrogen and oxygen atoms in total. The average molecular weight is 382 g/mol. The molecule has 0 spiro atoms. The van der Waals surface area contributed by atoms with E-state index in [1.807, 2.05) is 48.5 Å². The van der Waals surface area contributed by atoms with Crippen LogP contribution in [-0.2, 0) is 9.53 Å². The maximum atomic E-state index is 12.3. The fourth-order valence-electron chi connectivity index (χ4n) is 2.72. The smallest absolute Gasteiger partial charge is 0.371 e. The van der Waals surface area contributed by atoms with Gasteiger partial charge in [-0.25, -0.2) is 9.59 Å². The summed E-state index contributed by atoms with van der Waals surface area (Å²) in [5.74, 6) is -1.27. The van der Waals surface area contributed by atoms with E-state index in [4.69, 9.17) is 4.74 Å². The third-order valence-corrected chi connectivity index (χ3v) is 4.33. The molecule has 2 amide bonds. The number of carboxylic acids is 1. The lowest BCUT2D eigenvalue weighted by Gasteiger charge is -2.19. The number of urea groups is 1. The molecule has 0 aromatic heterocycles. The summed E-state index contributed by atoms with van der Waals surface area (Å²) in [5, 5.41) is 12.1. The highest BCUT2D eigenvalue weighted by Gasteiger charge is 2.13. The minimum Gasteiger partial charge on any atom is -0.490 e. The van der Waals surface area contributed by atoms with E-state index in [9.17, 15) is 14.7 Å². The van der Waals surface area contributed by atoms with Crippen LogP contribution in [0.25, 0.3) is 17.2 Å². The van der Waals surface area contributed by atoms with Crippen LogP contribution in [0, 0.1) is 0 Å². The number of rotatable bonds is 8. The Morgan fingerprint density at radius 2 is 1.93 bits per heavy atom. The molecule has 0 bridgehead atoms. The van der Waals surface area contributed by atoms with E-state index >= 15 is 0 Å². The van der Waals surface area contributed by atoms with Crippen molar-refractivity contribution in [3.63, 3.8) is 0 Å². The number of carbonyl (C=O) groups excluding carboxylic acids is 1. The predicted octanol–water partition coefficient (Wildman–Crippen LogP) is 4.37. The summed E-state index contributed by atoms with van der Waals surface area (Å²) in [6.45, 7) is 2.71. The molecule has 0 fully saturated rings. The zero-order chi connectivity index (χ0) is 20.5. The number of nitrogens with zero attached hydrogens (tertiary/aromatic N) is 1. The van der Waals surface area contributed by atoms with Gasteiger partial charge in [0, 0.05) is 19.3 Å². The van der Waals surface area contributed by atoms with Crippen molar-refractivity contribution in [2.24, 2.45) is 0 Å². The highest BCUT2D eigenvalue weighted by Crippen LogP contribution is 2.29. The number of nitrogens with one attached hydrogen (secondary N) is 1. The van der Waals surface area contributed by atoms with Crippen LogP contribution in [0.1, 0.15) is 25.3 Å². The summed E-state index contributed by atoms with van der Waals surface area (Å²) in [5.41, 5.74) is 3.18. The SMILES string of the molecule is CCCCNC(=O)N(C)c1cccc(-c2ccccc2/C=C(\OC)C(=O)O)c1. The lowest BCUT2D eigenvalue weighted by atomic mass is 9.98. The number of carbonyl (C=O) groups is 2. The van der Waals surface area contributed by atoms with Gasteiger partial charge in [-0.15, -0.1) is 0 Å². The molecule has 2 N–H and O–H groups in total. The largest absolute Gasteiger partial charge is 0.490 e. The molecule has 0 saturated heterocycles. The van der Waals surface area contributed by atoms with E-state index in [-0.39, 0.29) is 11.8 Å². The first-order valence-electron chi connectivity index (χ1n) is 9.18. The first-order chi connectivity index (χ1) is 13.5. The van der Waals surface area contributed by atoms with Gasteiger partial charge in [-0.05, 0) is 41.3 Å². The maximum absolute atomic E-state index is 12.3. The standard InChI is InChI=1S/C22H26N2O4/c1-4-5-13-23-22(27)24(2)18-11-8-10-16(14-18)19-12-7-6-9-17(19)15-20(28-3)21(25)26/h6-12,14-15H,4-5,13H2,1-3H3,(H,23,27)(H,25,26)/b20-15-. The lowest BCUT2D eigenvalue weighted by Crippen LogP contribution is -2.37. The van der Waals surface area contributed by atoms with E-state index in [1.54, 1.807) is 11.9 Å². The molecule has 0 aliphatic heterocycles. The minimum absolute atomic E-state index is 0.143. The van der Waals surface area contributed by atoms with Crippen molar-refractivity contribution in [1.82, 2.24) is 5.32 Å². The number of anilines is 1. The Hall–Kier alpha value is -3.28. The van der Waals surface area contributed by atoms with Crippen LogP contribution in [0.3, 0.4) is 0 Å². The van der Waals surface area contributed by atoms with Gasteiger partial charge in [0.2, 0.25) is 5.76 Å². The maximum Gasteiger partial charge on any atom is 0.371 e. The normalized spacial score (nSPS) is 11.0. The number of hydrogen-bond donors (Lipinski definition) is 2. The van der Waals surface area contributed by atoms with Gasteiger partial charge in [0.15, 0.2) is 0 Å². The van der Waals surface area contributed by atoms with E-state index in [0.29, 0.717) is 12.1 Å². The molecule has 2 aromatic rings. The summed E-state index contributed by atoms with van der Waals surface area (Å²) < 4.78 is 4.95. The molecule has 0 aliphatic carbocycles. The second-order valence-corrected chi connectivity index (χ2v) is 6.30. The Labute approximate surface area is 165 Å². The fourth-order valence-corrected chi connectivity index (χ4v) is 2.72. The molecular weight excluding hydrogens is 356 g/mol. The van der Waals surface area contributed by atoms with Crippen LogP contribution in [0.4, 0.5) is 10.5 Å². The van der Waals surface area contributed by atoms with Gasteiger partial charge in [-0.1, -0.05) is 49.7 Å². The molecule has 0 saturated carbocycles. The molecule has 0 aliphatic rings. The molecule has 148 valence electrons. The first-order valence-corrected chi connectivity index (χ1v) is 9.18. The van der Waals surface area contributed by atoms with Gasteiger partial charge >= 0.3 is 12.0 Å². The first kappa shape index (κ1) is 21.0. The van der Waals surface area contributed by atoms with Crippen LogP contribution < -0.4 is 10.2 Å². The number of ether oxygens (including phenoxy) is 1. The fraction of sp³-hybridized carbons (Fsp3) is 0.273. The van der Waals surface area contributed by atoms with Crippen LogP contribution >= 0.6 is 0 Å². The summed E-state index contributed by atoms with van der Waals surface area (Å²) in [6, 6.07) is 14.8. The Kier molecular flexibility index (Phi) is 7.63. The Morgan fingerprint density at radius 3 is 2.61 bits per heavy atom. The summed E-state index contributed by atoms with van der Waals surface area (Å²) in [4.78, 5) is 25.1. The molecule has 2 aromatic carbocycles. The van der Waals surface area contributed by atoms with Crippen molar-refractivity contribution in [3.05, 3.63) is 59.9 Å². The van der Waals surface area contributed by atoms with Crippen molar-refractivity contribution in [2.75, 3.05) is 25.6 Å². The van der Waals surface area contributed by atoms with Gasteiger partial charge in [-0.3, -0.25) is 4.90 Å². The molecule has 28 heavy (non-hydrogen) atoms. The zero-order valence-electron chi connectivity index (χ0n) is 16.4. The summed E-state index contributed by atoms with van der Waals surface area (Å²) in [6.07, 6.45) is 3.44. The molecule has 0 unspecified atom stereocenters. The molecular formula is C22H26N2O4. The lowest BCUT2D eigenvalue weighted by molar-refractivity contribution is -0.135. The van der Waals surface area contributed by atoms with Gasteiger partial charge in [0.05, 0.1) is 7.11 Å². The molecule has 0 atom stereocenters. The highest BCUT2D eigenvalue weighted by atomic mass is 16.5. The van der Waals surface area contributed by atoms with E-state index in [2.05, 4.69) is 12.2 Å². The number of aliphatic carboxylic acids is 1. The Bertz CT molecular complexity index is 861. The monoisotopic (exact) mass is 382 g/mol. The van der Waals surface area contributed by atoms with E-state index < -0.39 is 5.97 Å². The van der Waals surface area contributed by atoms with Gasteiger partial charge in [0.25, 0.3) is 0 Å². The van der Waals surface area contributed by atoms with Crippen LogP contribution in [-0.4, -0.2) is 37.8 Å². The number of unbranched alkanes of at least 4 members (excludes halogenated alkanes) is 1. The van der Waals surface area contributed by atoms with Gasteiger partial charge in [-0.2, -0.15) is 0 Å². The van der Waals surface area contributed by atoms with Gasteiger partial charge < -0.3 is 15.2 Å². The van der Waals surface area contributed by atoms with Crippen LogP contribution in [0.15, 0.2) is 54.3 Å². The van der Waals surface area contributed by atoms with Crippen molar-refractivity contribution >= 4 is 23.8 Å².